The Kier molecular flexibility index (Phi) is 6.23. The Morgan fingerprint density at radius 1 is 1.03 bits per heavy atom. The van der Waals surface area contributed by atoms with Gasteiger partial charge in [0.15, 0.2) is 11.0 Å². The van der Waals surface area contributed by atoms with Crippen molar-refractivity contribution in [2.24, 2.45) is 5.73 Å². The molecule has 1 unspecified atom stereocenters. The molecule has 4 rings (SSSR count). The average Bonchev–Trinajstić information content (AvgIpc) is 3.22. The number of hydrogen-bond acceptors (Lipinski definition) is 5. The first kappa shape index (κ1) is 21.6. The first-order valence-electron chi connectivity index (χ1n) is 9.85. The smallest absolute Gasteiger partial charge is 0.235 e. The number of carbonyl (C=O) groups is 1. The SMILES string of the molecule is COc1ccccc1-c1nnc(SC(C(N)=O)c2ccc(F)cc2)n1-c1ccc(C)cc1. The molecule has 0 radical (unpaired) electrons. The van der Waals surface area contributed by atoms with Gasteiger partial charge in [-0.05, 0) is 48.9 Å². The lowest BCUT2D eigenvalue weighted by atomic mass is 10.1. The molecule has 4 aromatic rings. The highest BCUT2D eigenvalue weighted by Gasteiger charge is 2.26. The zero-order valence-corrected chi connectivity index (χ0v) is 18.3. The number of aromatic nitrogens is 3. The van der Waals surface area contributed by atoms with Gasteiger partial charge in [0.25, 0.3) is 0 Å². The third-order valence-corrected chi connectivity index (χ3v) is 6.14. The molecule has 1 amide bonds. The zero-order valence-electron chi connectivity index (χ0n) is 17.5. The van der Waals surface area contributed by atoms with Gasteiger partial charge in [-0.1, -0.05) is 53.7 Å². The van der Waals surface area contributed by atoms with Crippen molar-refractivity contribution in [1.82, 2.24) is 14.8 Å². The van der Waals surface area contributed by atoms with Gasteiger partial charge in [-0.25, -0.2) is 4.39 Å². The molecular weight excluding hydrogens is 427 g/mol. The Morgan fingerprint density at radius 2 is 1.72 bits per heavy atom. The molecule has 0 aliphatic heterocycles. The normalized spacial score (nSPS) is 11.8. The van der Waals surface area contributed by atoms with Gasteiger partial charge >= 0.3 is 0 Å². The van der Waals surface area contributed by atoms with E-state index < -0.39 is 11.2 Å². The van der Waals surface area contributed by atoms with Crippen molar-refractivity contribution >= 4 is 17.7 Å². The quantitative estimate of drug-likeness (QED) is 0.414. The van der Waals surface area contributed by atoms with Gasteiger partial charge in [0.1, 0.15) is 16.8 Å². The molecule has 162 valence electrons. The van der Waals surface area contributed by atoms with Crippen molar-refractivity contribution in [2.45, 2.75) is 17.3 Å². The highest BCUT2D eigenvalue weighted by atomic mass is 32.2. The van der Waals surface area contributed by atoms with Crippen molar-refractivity contribution in [2.75, 3.05) is 7.11 Å². The molecule has 0 saturated carbocycles. The molecule has 32 heavy (non-hydrogen) atoms. The van der Waals surface area contributed by atoms with E-state index in [1.54, 1.807) is 19.2 Å². The standard InChI is InChI=1S/C24H21FN4O2S/c1-15-7-13-18(14-8-15)29-23(19-5-3-4-6-20(19)31-2)27-28-24(29)32-21(22(26)30)16-9-11-17(25)12-10-16/h3-14,21H,1-2H3,(H2,26,30). The third kappa shape index (κ3) is 4.36. The van der Waals surface area contributed by atoms with Gasteiger partial charge in [-0.15, -0.1) is 10.2 Å². The van der Waals surface area contributed by atoms with Crippen molar-refractivity contribution in [1.29, 1.82) is 0 Å². The first-order chi connectivity index (χ1) is 15.5. The summed E-state index contributed by atoms with van der Waals surface area (Å²) in [6.07, 6.45) is 0. The molecule has 2 N–H and O–H groups in total. The van der Waals surface area contributed by atoms with E-state index in [1.165, 1.54) is 12.1 Å². The first-order valence-corrected chi connectivity index (χ1v) is 10.7. The van der Waals surface area contributed by atoms with Crippen LogP contribution in [0.4, 0.5) is 4.39 Å². The summed E-state index contributed by atoms with van der Waals surface area (Å²) in [7, 11) is 1.60. The van der Waals surface area contributed by atoms with Crippen LogP contribution in [-0.4, -0.2) is 27.8 Å². The maximum atomic E-state index is 13.4. The topological polar surface area (TPSA) is 83.0 Å². The van der Waals surface area contributed by atoms with Crippen LogP contribution in [-0.2, 0) is 4.79 Å². The van der Waals surface area contributed by atoms with Crippen molar-refractivity contribution < 1.29 is 13.9 Å². The fourth-order valence-electron chi connectivity index (χ4n) is 3.31. The maximum absolute atomic E-state index is 13.4. The summed E-state index contributed by atoms with van der Waals surface area (Å²) >= 11 is 1.16. The van der Waals surface area contributed by atoms with Gasteiger partial charge in [0, 0.05) is 5.69 Å². The van der Waals surface area contributed by atoms with Crippen LogP contribution < -0.4 is 10.5 Å². The molecule has 1 aromatic heterocycles. The fourth-order valence-corrected chi connectivity index (χ4v) is 4.32. The monoisotopic (exact) mass is 448 g/mol. The maximum Gasteiger partial charge on any atom is 0.235 e. The largest absolute Gasteiger partial charge is 0.496 e. The minimum atomic E-state index is -0.769. The number of halogens is 1. The molecule has 0 aliphatic rings. The number of benzene rings is 3. The van der Waals surface area contributed by atoms with E-state index in [0.717, 1.165) is 28.6 Å². The molecule has 8 heteroatoms. The van der Waals surface area contributed by atoms with Gasteiger partial charge in [0.05, 0.1) is 12.7 Å². The minimum absolute atomic E-state index is 0.386. The van der Waals surface area contributed by atoms with E-state index in [0.29, 0.717) is 22.3 Å². The van der Waals surface area contributed by atoms with Crippen LogP contribution in [0.5, 0.6) is 5.75 Å². The summed E-state index contributed by atoms with van der Waals surface area (Å²) in [5, 5.41) is 8.49. The third-order valence-electron chi connectivity index (χ3n) is 4.93. The number of thioether (sulfide) groups is 1. The van der Waals surface area contributed by atoms with Crippen LogP contribution >= 0.6 is 11.8 Å². The Bertz CT molecular complexity index is 1240. The van der Waals surface area contributed by atoms with Crippen LogP contribution in [0.2, 0.25) is 0 Å². The number of nitrogens with zero attached hydrogens (tertiary/aromatic N) is 3. The van der Waals surface area contributed by atoms with E-state index in [9.17, 15) is 9.18 Å². The van der Waals surface area contributed by atoms with Crippen LogP contribution in [0.15, 0.2) is 78.0 Å². The summed E-state index contributed by atoms with van der Waals surface area (Å²) in [6.45, 7) is 2.00. The molecule has 0 bridgehead atoms. The number of rotatable bonds is 7. The molecule has 0 fully saturated rings. The summed E-state index contributed by atoms with van der Waals surface area (Å²) in [5.74, 6) is 0.271. The molecule has 0 saturated heterocycles. The second kappa shape index (κ2) is 9.23. The van der Waals surface area contributed by atoms with Crippen LogP contribution in [0.25, 0.3) is 17.1 Å². The Hall–Kier alpha value is -3.65. The van der Waals surface area contributed by atoms with E-state index in [1.807, 2.05) is 60.0 Å². The zero-order chi connectivity index (χ0) is 22.7. The van der Waals surface area contributed by atoms with Gasteiger partial charge < -0.3 is 10.5 Å². The Labute approximate surface area is 189 Å². The molecule has 1 atom stereocenters. The number of aryl methyl sites for hydroxylation is 1. The van der Waals surface area contributed by atoms with E-state index >= 15 is 0 Å². The van der Waals surface area contributed by atoms with Gasteiger partial charge in [-0.3, -0.25) is 9.36 Å². The molecule has 1 heterocycles. The number of methoxy groups -OCH3 is 1. The van der Waals surface area contributed by atoms with E-state index in [4.69, 9.17) is 10.5 Å². The number of para-hydroxylation sites is 1. The van der Waals surface area contributed by atoms with Crippen molar-refractivity contribution in [3.8, 4) is 22.8 Å². The second-order valence-electron chi connectivity index (χ2n) is 7.13. The highest BCUT2D eigenvalue weighted by molar-refractivity contribution is 8.00. The summed E-state index contributed by atoms with van der Waals surface area (Å²) < 4.78 is 20.8. The summed E-state index contributed by atoms with van der Waals surface area (Å²) in [5.41, 5.74) is 8.97. The molecule has 3 aromatic carbocycles. The average molecular weight is 449 g/mol. The number of carbonyl (C=O) groups excluding carboxylic acids is 1. The molecule has 6 nitrogen and oxygen atoms in total. The van der Waals surface area contributed by atoms with E-state index in [2.05, 4.69) is 10.2 Å². The van der Waals surface area contributed by atoms with Crippen LogP contribution in [0.1, 0.15) is 16.4 Å². The lowest BCUT2D eigenvalue weighted by Crippen LogP contribution is -2.19. The predicted molar refractivity (Wildman–Crippen MR) is 122 cm³/mol. The number of hydrogen-bond donors (Lipinski definition) is 1. The Morgan fingerprint density at radius 3 is 2.38 bits per heavy atom. The van der Waals surface area contributed by atoms with Gasteiger partial charge in [-0.2, -0.15) is 0 Å². The number of amides is 1. The predicted octanol–water partition coefficient (Wildman–Crippen LogP) is 4.71. The van der Waals surface area contributed by atoms with E-state index in [-0.39, 0.29) is 5.82 Å². The summed E-state index contributed by atoms with van der Waals surface area (Å²) in [6, 6.07) is 21.1. The van der Waals surface area contributed by atoms with Crippen LogP contribution in [0.3, 0.4) is 0 Å². The second-order valence-corrected chi connectivity index (χ2v) is 8.20. The number of nitrogens with two attached hydrogens (primary N) is 1. The number of ether oxygens (including phenoxy) is 1. The molecular formula is C24H21FN4O2S. The lowest BCUT2D eigenvalue weighted by Gasteiger charge is -2.16. The van der Waals surface area contributed by atoms with Crippen molar-refractivity contribution in [3.63, 3.8) is 0 Å². The van der Waals surface area contributed by atoms with Crippen molar-refractivity contribution in [3.05, 3.63) is 89.7 Å². The lowest BCUT2D eigenvalue weighted by molar-refractivity contribution is -0.117. The summed E-state index contributed by atoms with van der Waals surface area (Å²) in [4.78, 5) is 12.3. The fraction of sp³-hybridized carbons (Fsp3) is 0.125. The highest BCUT2D eigenvalue weighted by Crippen LogP contribution is 2.38. The molecule has 0 aliphatic carbocycles. The number of primary amides is 1. The van der Waals surface area contributed by atoms with Crippen LogP contribution in [0, 0.1) is 12.7 Å². The Balaban J connectivity index is 1.85. The van der Waals surface area contributed by atoms with Gasteiger partial charge in [0.2, 0.25) is 5.91 Å². The molecule has 0 spiro atoms. The minimum Gasteiger partial charge on any atom is -0.496 e.